The Bertz CT molecular complexity index is 487. The summed E-state index contributed by atoms with van der Waals surface area (Å²) in [6.07, 6.45) is 0. The third-order valence-corrected chi connectivity index (χ3v) is 11.8. The van der Waals surface area contributed by atoms with Crippen LogP contribution in [0.2, 0.25) is 16.6 Å². The third kappa shape index (κ3) is 4.57. The monoisotopic (exact) mass is 334 g/mol. The highest BCUT2D eigenvalue weighted by atomic mass is 32.2. The molecule has 1 aromatic rings. The van der Waals surface area contributed by atoms with Crippen molar-refractivity contribution in [3.05, 3.63) is 29.8 Å². The molecule has 1 nitrogen and oxygen atoms in total. The predicted molar refractivity (Wildman–Crippen MR) is 103 cm³/mol. The highest BCUT2D eigenvalue weighted by molar-refractivity contribution is 8.03. The lowest BCUT2D eigenvalue weighted by molar-refractivity contribution is 0.414. The van der Waals surface area contributed by atoms with Gasteiger partial charge in [0.1, 0.15) is 13.8 Å². The summed E-state index contributed by atoms with van der Waals surface area (Å²) in [4.78, 5) is 0. The van der Waals surface area contributed by atoms with Gasteiger partial charge >= 0.3 is 0 Å². The van der Waals surface area contributed by atoms with Crippen molar-refractivity contribution in [1.82, 2.24) is 0 Å². The standard InChI is InChI=1S/C19H30OSSi/c1-15(2)22(16(3)4,17(5)6)13-12-21-14-18-8-10-19(20-7)11-9-18/h8-11,15-17H,14H2,1-7H3. The molecule has 3 heteroatoms. The summed E-state index contributed by atoms with van der Waals surface area (Å²) in [6.45, 7) is 14.1. The molecule has 0 unspecified atom stereocenters. The molecule has 22 heavy (non-hydrogen) atoms. The largest absolute Gasteiger partial charge is 0.497 e. The molecule has 0 N–H and O–H groups in total. The number of benzene rings is 1. The Morgan fingerprint density at radius 1 is 0.955 bits per heavy atom. The molecular weight excluding hydrogens is 304 g/mol. The third-order valence-electron chi connectivity index (χ3n) is 4.60. The predicted octanol–water partition coefficient (Wildman–Crippen LogP) is 6.11. The number of hydrogen-bond acceptors (Lipinski definition) is 2. The van der Waals surface area contributed by atoms with E-state index in [1.165, 1.54) is 5.56 Å². The van der Waals surface area contributed by atoms with Crippen molar-refractivity contribution < 1.29 is 4.74 Å². The molecule has 0 saturated heterocycles. The van der Waals surface area contributed by atoms with Crippen LogP contribution in [0, 0.1) is 10.8 Å². The fraction of sp³-hybridized carbons (Fsp3) is 0.579. The van der Waals surface area contributed by atoms with Gasteiger partial charge in [-0.05, 0) is 39.6 Å². The van der Waals surface area contributed by atoms with Crippen LogP contribution in [-0.2, 0) is 5.75 Å². The second kappa shape index (κ2) is 8.69. The van der Waals surface area contributed by atoms with Gasteiger partial charge in [-0.1, -0.05) is 65.4 Å². The Hall–Kier alpha value is -0.853. The molecule has 0 aromatic heterocycles. The molecule has 122 valence electrons. The molecule has 0 amide bonds. The first-order valence-electron chi connectivity index (χ1n) is 8.11. The van der Waals surface area contributed by atoms with Crippen LogP contribution in [0.3, 0.4) is 0 Å². The quantitative estimate of drug-likeness (QED) is 0.458. The SMILES string of the molecule is COc1ccc(CSC#C[Si](C(C)C)(C(C)C)C(C)C)cc1. The first-order chi connectivity index (χ1) is 10.3. The topological polar surface area (TPSA) is 9.23 Å². The average Bonchev–Trinajstić information content (AvgIpc) is 2.46. The van der Waals surface area contributed by atoms with Crippen molar-refractivity contribution in [2.24, 2.45) is 0 Å². The highest BCUT2D eigenvalue weighted by Crippen LogP contribution is 2.40. The van der Waals surface area contributed by atoms with Crippen molar-refractivity contribution in [3.8, 4) is 16.5 Å². The molecule has 0 spiro atoms. The van der Waals surface area contributed by atoms with Gasteiger partial charge in [0.05, 0.1) is 7.11 Å². The van der Waals surface area contributed by atoms with Crippen molar-refractivity contribution in [2.45, 2.75) is 63.9 Å². The summed E-state index contributed by atoms with van der Waals surface area (Å²) >= 11 is 1.73. The van der Waals surface area contributed by atoms with Gasteiger partial charge in [-0.2, -0.15) is 0 Å². The lowest BCUT2D eigenvalue weighted by Gasteiger charge is -2.37. The lowest BCUT2D eigenvalue weighted by Crippen LogP contribution is -2.43. The van der Waals surface area contributed by atoms with Crippen LogP contribution >= 0.6 is 11.8 Å². The second-order valence-corrected chi connectivity index (χ2v) is 13.1. The highest BCUT2D eigenvalue weighted by Gasteiger charge is 2.41. The molecular formula is C19H30OSSi. The van der Waals surface area contributed by atoms with Gasteiger partial charge in [0, 0.05) is 5.75 Å². The summed E-state index contributed by atoms with van der Waals surface area (Å²) in [7, 11) is 0.115. The van der Waals surface area contributed by atoms with Gasteiger partial charge in [0.2, 0.25) is 0 Å². The van der Waals surface area contributed by atoms with E-state index in [0.29, 0.717) is 16.6 Å². The molecule has 0 aliphatic carbocycles. The maximum atomic E-state index is 5.19. The van der Waals surface area contributed by atoms with E-state index >= 15 is 0 Å². The van der Waals surface area contributed by atoms with E-state index in [9.17, 15) is 0 Å². The van der Waals surface area contributed by atoms with Crippen molar-refractivity contribution in [2.75, 3.05) is 7.11 Å². The van der Waals surface area contributed by atoms with Crippen LogP contribution in [0.4, 0.5) is 0 Å². The van der Waals surface area contributed by atoms with Gasteiger partial charge in [-0.15, -0.1) is 5.54 Å². The number of thioether (sulfide) groups is 1. The molecule has 1 aromatic carbocycles. The Kier molecular flexibility index (Phi) is 7.59. The van der Waals surface area contributed by atoms with Crippen LogP contribution in [0.15, 0.2) is 24.3 Å². The molecule has 0 radical (unpaired) electrons. The number of methoxy groups -OCH3 is 1. The molecule has 0 bridgehead atoms. The first-order valence-corrected chi connectivity index (χ1v) is 11.3. The second-order valence-electron chi connectivity index (χ2n) is 6.76. The Balaban J connectivity index is 2.77. The van der Waals surface area contributed by atoms with Gasteiger partial charge in [-0.25, -0.2) is 0 Å². The van der Waals surface area contributed by atoms with Crippen LogP contribution in [0.1, 0.15) is 47.1 Å². The number of hydrogen-bond donors (Lipinski definition) is 0. The molecule has 0 heterocycles. The minimum Gasteiger partial charge on any atom is -0.497 e. The smallest absolute Gasteiger partial charge is 0.147 e. The van der Waals surface area contributed by atoms with Gasteiger partial charge in [0.15, 0.2) is 0 Å². The van der Waals surface area contributed by atoms with Crippen molar-refractivity contribution >= 4 is 19.8 Å². The van der Waals surface area contributed by atoms with E-state index in [0.717, 1.165) is 11.5 Å². The fourth-order valence-electron chi connectivity index (χ4n) is 3.40. The number of rotatable bonds is 6. The minimum absolute atomic E-state index is 0.696. The van der Waals surface area contributed by atoms with Gasteiger partial charge in [-0.3, -0.25) is 0 Å². The zero-order chi connectivity index (χ0) is 16.8. The van der Waals surface area contributed by atoms with Crippen LogP contribution in [0.25, 0.3) is 0 Å². The molecule has 0 atom stereocenters. The van der Waals surface area contributed by atoms with Crippen molar-refractivity contribution in [1.29, 1.82) is 0 Å². The van der Waals surface area contributed by atoms with E-state index in [-0.39, 0.29) is 0 Å². The zero-order valence-electron chi connectivity index (χ0n) is 15.1. The van der Waals surface area contributed by atoms with Crippen molar-refractivity contribution in [3.63, 3.8) is 0 Å². The van der Waals surface area contributed by atoms with Gasteiger partial charge < -0.3 is 4.74 Å². The van der Waals surface area contributed by atoms with Crippen LogP contribution < -0.4 is 4.74 Å². The summed E-state index contributed by atoms with van der Waals surface area (Å²) in [5.41, 5.74) is 7.14. The average molecular weight is 335 g/mol. The van der Waals surface area contributed by atoms with E-state index < -0.39 is 8.07 Å². The minimum atomic E-state index is -1.58. The summed E-state index contributed by atoms with van der Waals surface area (Å²) in [5, 5.41) is 3.44. The van der Waals surface area contributed by atoms with E-state index in [1.807, 2.05) is 12.1 Å². The maximum absolute atomic E-state index is 5.19. The van der Waals surface area contributed by atoms with E-state index in [4.69, 9.17) is 4.74 Å². The molecule has 0 aliphatic heterocycles. The summed E-state index contributed by atoms with van der Waals surface area (Å²) in [5.74, 6) is 1.85. The van der Waals surface area contributed by atoms with Crippen LogP contribution in [-0.4, -0.2) is 15.2 Å². The molecule has 1 rings (SSSR count). The molecule has 0 aliphatic rings. The summed E-state index contributed by atoms with van der Waals surface area (Å²) < 4.78 is 5.19. The Labute approximate surface area is 142 Å². The number of ether oxygens (including phenoxy) is 1. The van der Waals surface area contributed by atoms with E-state index in [1.54, 1.807) is 18.9 Å². The molecule has 0 fully saturated rings. The van der Waals surface area contributed by atoms with E-state index in [2.05, 4.69) is 64.5 Å². The summed E-state index contributed by atoms with van der Waals surface area (Å²) in [6, 6.07) is 8.26. The lowest BCUT2D eigenvalue weighted by atomic mass is 10.2. The van der Waals surface area contributed by atoms with Gasteiger partial charge in [0.25, 0.3) is 0 Å². The normalized spacial score (nSPS) is 11.7. The first kappa shape index (κ1) is 19.2. The Morgan fingerprint density at radius 3 is 1.86 bits per heavy atom. The fourth-order valence-corrected chi connectivity index (χ4v) is 9.69. The maximum Gasteiger partial charge on any atom is 0.147 e. The van der Waals surface area contributed by atoms with Crippen LogP contribution in [0.5, 0.6) is 5.75 Å². The zero-order valence-corrected chi connectivity index (χ0v) is 16.9. The Morgan fingerprint density at radius 2 is 1.45 bits per heavy atom. The molecule has 0 saturated carbocycles.